The fourth-order valence-corrected chi connectivity index (χ4v) is 2.13. The van der Waals surface area contributed by atoms with Crippen LogP contribution in [0.2, 0.25) is 5.02 Å². The second kappa shape index (κ2) is 5.52. The van der Waals surface area contributed by atoms with Crippen LogP contribution in [0, 0.1) is 5.92 Å². The summed E-state index contributed by atoms with van der Waals surface area (Å²) in [6, 6.07) is 7.90. The van der Waals surface area contributed by atoms with E-state index in [2.05, 4.69) is 4.90 Å². The average molecular weight is 254 g/mol. The van der Waals surface area contributed by atoms with Crippen LogP contribution in [0.15, 0.2) is 24.3 Å². The Hall–Kier alpha value is -1.06. The molecule has 0 unspecified atom stereocenters. The lowest BCUT2D eigenvalue weighted by Gasteiger charge is -2.37. The molecular weight excluding hydrogens is 238 g/mol. The fraction of sp³-hybridized carbons (Fsp3) is 0.462. The molecule has 0 spiro atoms. The molecule has 2 rings (SSSR count). The van der Waals surface area contributed by atoms with E-state index in [1.165, 1.54) is 12.7 Å². The molecule has 0 aromatic heterocycles. The molecule has 1 aliphatic heterocycles. The van der Waals surface area contributed by atoms with Crippen molar-refractivity contribution in [3.63, 3.8) is 0 Å². The summed E-state index contributed by atoms with van der Waals surface area (Å²) in [4.78, 5) is 13.4. The fourth-order valence-electron chi connectivity index (χ4n) is 2.01. The number of benzene rings is 1. The molecule has 1 saturated heterocycles. The Balaban J connectivity index is 1.71. The van der Waals surface area contributed by atoms with Gasteiger partial charge in [-0.15, -0.1) is 0 Å². The predicted molar refractivity (Wildman–Crippen MR) is 67.1 cm³/mol. The normalized spacial score (nSPS) is 16.6. The molecule has 0 amide bonds. The van der Waals surface area contributed by atoms with Crippen LogP contribution in [0.5, 0.6) is 0 Å². The third kappa shape index (κ3) is 3.20. The summed E-state index contributed by atoms with van der Waals surface area (Å²) in [5, 5.41) is 0.767. The number of rotatable bonds is 4. The van der Waals surface area contributed by atoms with Gasteiger partial charge in [0, 0.05) is 24.7 Å². The van der Waals surface area contributed by atoms with Crippen molar-refractivity contribution in [1.82, 2.24) is 4.90 Å². The molecule has 1 aromatic rings. The lowest BCUT2D eigenvalue weighted by atomic mass is 9.99. The first-order valence-corrected chi connectivity index (χ1v) is 6.11. The van der Waals surface area contributed by atoms with Gasteiger partial charge in [0.1, 0.15) is 0 Å². The van der Waals surface area contributed by atoms with E-state index in [0.29, 0.717) is 0 Å². The summed E-state index contributed by atoms with van der Waals surface area (Å²) in [6.07, 6.45) is 0.991. The number of halogens is 1. The number of carbonyl (C=O) groups excluding carboxylic acids is 1. The molecule has 1 aliphatic rings. The van der Waals surface area contributed by atoms with Gasteiger partial charge in [-0.2, -0.15) is 0 Å². The van der Waals surface area contributed by atoms with E-state index in [1.54, 1.807) is 0 Å². The monoisotopic (exact) mass is 253 g/mol. The number of hydrogen-bond acceptors (Lipinski definition) is 3. The zero-order valence-corrected chi connectivity index (χ0v) is 10.6. The summed E-state index contributed by atoms with van der Waals surface area (Å²) < 4.78 is 4.70. The highest BCUT2D eigenvalue weighted by molar-refractivity contribution is 6.30. The van der Waals surface area contributed by atoms with Crippen molar-refractivity contribution in [2.24, 2.45) is 5.92 Å². The smallest absolute Gasteiger partial charge is 0.311 e. The lowest BCUT2D eigenvalue weighted by molar-refractivity contribution is -0.151. The summed E-state index contributed by atoms with van der Waals surface area (Å²) in [6.45, 7) is 2.62. The maximum absolute atomic E-state index is 11.2. The third-order valence-corrected chi connectivity index (χ3v) is 3.37. The Morgan fingerprint density at radius 2 is 2.06 bits per heavy atom. The minimum absolute atomic E-state index is 0.0743. The predicted octanol–water partition coefficient (Wildman–Crippen LogP) is 1.99. The van der Waals surface area contributed by atoms with Gasteiger partial charge in [-0.05, 0) is 24.1 Å². The van der Waals surface area contributed by atoms with E-state index in [-0.39, 0.29) is 11.9 Å². The Morgan fingerprint density at radius 3 is 2.65 bits per heavy atom. The van der Waals surface area contributed by atoms with Gasteiger partial charge in [0.2, 0.25) is 0 Å². The van der Waals surface area contributed by atoms with Gasteiger partial charge < -0.3 is 9.64 Å². The number of ether oxygens (including phenoxy) is 1. The van der Waals surface area contributed by atoms with Crippen molar-refractivity contribution >= 4 is 17.6 Å². The zero-order chi connectivity index (χ0) is 12.3. The SMILES string of the molecule is COC(=O)C1CN(CCc2ccc(Cl)cc2)C1. The molecule has 0 bridgehead atoms. The van der Waals surface area contributed by atoms with Gasteiger partial charge in [-0.25, -0.2) is 0 Å². The number of methoxy groups -OCH3 is 1. The van der Waals surface area contributed by atoms with Crippen LogP contribution >= 0.6 is 11.6 Å². The maximum atomic E-state index is 11.2. The van der Waals surface area contributed by atoms with Gasteiger partial charge in [-0.1, -0.05) is 23.7 Å². The van der Waals surface area contributed by atoms with Crippen molar-refractivity contribution in [2.45, 2.75) is 6.42 Å². The first kappa shape index (κ1) is 12.4. The molecule has 0 radical (unpaired) electrons. The van der Waals surface area contributed by atoms with Crippen LogP contribution in [0.3, 0.4) is 0 Å². The summed E-state index contributed by atoms with van der Waals surface area (Å²) >= 11 is 5.82. The van der Waals surface area contributed by atoms with Gasteiger partial charge in [0.25, 0.3) is 0 Å². The van der Waals surface area contributed by atoms with E-state index >= 15 is 0 Å². The van der Waals surface area contributed by atoms with Crippen LogP contribution in [0.25, 0.3) is 0 Å². The van der Waals surface area contributed by atoms with Crippen molar-refractivity contribution in [3.8, 4) is 0 Å². The van der Waals surface area contributed by atoms with Gasteiger partial charge in [-0.3, -0.25) is 4.79 Å². The number of esters is 1. The van der Waals surface area contributed by atoms with Gasteiger partial charge in [0.05, 0.1) is 13.0 Å². The van der Waals surface area contributed by atoms with Crippen LogP contribution in [-0.4, -0.2) is 37.6 Å². The Bertz CT molecular complexity index is 385. The second-order valence-electron chi connectivity index (χ2n) is 4.36. The quantitative estimate of drug-likeness (QED) is 0.769. The molecule has 3 nitrogen and oxygen atoms in total. The van der Waals surface area contributed by atoms with Crippen LogP contribution in [-0.2, 0) is 16.0 Å². The van der Waals surface area contributed by atoms with Crippen molar-refractivity contribution < 1.29 is 9.53 Å². The standard InChI is InChI=1S/C13H16ClNO2/c1-17-13(16)11-8-15(9-11)7-6-10-2-4-12(14)5-3-10/h2-5,11H,6-9H2,1H3. The van der Waals surface area contributed by atoms with Crippen LogP contribution in [0.1, 0.15) is 5.56 Å². The van der Waals surface area contributed by atoms with Gasteiger partial charge in [0.15, 0.2) is 0 Å². The number of hydrogen-bond donors (Lipinski definition) is 0. The molecule has 17 heavy (non-hydrogen) atoms. The van der Waals surface area contributed by atoms with E-state index < -0.39 is 0 Å². The molecule has 92 valence electrons. The topological polar surface area (TPSA) is 29.5 Å². The number of carbonyl (C=O) groups is 1. The Labute approximate surface area is 106 Å². The lowest BCUT2D eigenvalue weighted by Crippen LogP contribution is -2.51. The second-order valence-corrected chi connectivity index (χ2v) is 4.79. The van der Waals surface area contributed by atoms with Crippen molar-refractivity contribution in [2.75, 3.05) is 26.7 Å². The first-order valence-electron chi connectivity index (χ1n) is 5.73. The number of likely N-dealkylation sites (tertiary alicyclic amines) is 1. The maximum Gasteiger partial charge on any atom is 0.311 e. The summed E-state index contributed by atoms with van der Waals surface area (Å²) in [7, 11) is 1.44. The van der Waals surface area contributed by atoms with E-state index in [9.17, 15) is 4.79 Å². The summed E-state index contributed by atoms with van der Waals surface area (Å²) in [5.41, 5.74) is 1.27. The van der Waals surface area contributed by atoms with Crippen LogP contribution < -0.4 is 0 Å². The largest absolute Gasteiger partial charge is 0.469 e. The highest BCUT2D eigenvalue weighted by Crippen LogP contribution is 2.17. The molecule has 1 heterocycles. The third-order valence-electron chi connectivity index (χ3n) is 3.12. The molecule has 0 N–H and O–H groups in total. The van der Waals surface area contributed by atoms with E-state index in [1.807, 2.05) is 24.3 Å². The zero-order valence-electron chi connectivity index (χ0n) is 9.86. The van der Waals surface area contributed by atoms with Crippen molar-refractivity contribution in [3.05, 3.63) is 34.9 Å². The summed E-state index contributed by atoms with van der Waals surface area (Å²) in [5.74, 6) is -0.0158. The number of nitrogens with zero attached hydrogens (tertiary/aromatic N) is 1. The first-order chi connectivity index (χ1) is 8.19. The van der Waals surface area contributed by atoms with Crippen molar-refractivity contribution in [1.29, 1.82) is 0 Å². The highest BCUT2D eigenvalue weighted by atomic mass is 35.5. The molecule has 0 atom stereocenters. The van der Waals surface area contributed by atoms with E-state index in [4.69, 9.17) is 16.3 Å². The Morgan fingerprint density at radius 1 is 1.41 bits per heavy atom. The minimum Gasteiger partial charge on any atom is -0.469 e. The average Bonchev–Trinajstić information content (AvgIpc) is 2.29. The molecule has 4 heteroatoms. The highest BCUT2D eigenvalue weighted by Gasteiger charge is 2.32. The van der Waals surface area contributed by atoms with Crippen LogP contribution in [0.4, 0.5) is 0 Å². The minimum atomic E-state index is -0.0901. The molecule has 1 fully saturated rings. The molecular formula is C13H16ClNO2. The van der Waals surface area contributed by atoms with Gasteiger partial charge >= 0.3 is 5.97 Å². The molecule has 1 aromatic carbocycles. The molecule has 0 saturated carbocycles. The Kier molecular flexibility index (Phi) is 4.02. The molecule has 0 aliphatic carbocycles. The van der Waals surface area contributed by atoms with E-state index in [0.717, 1.165) is 31.1 Å².